The maximum Gasteiger partial charge on any atom is 0.262 e. The van der Waals surface area contributed by atoms with Gasteiger partial charge in [-0.3, -0.25) is 9.52 Å². The van der Waals surface area contributed by atoms with E-state index in [9.17, 15) is 13.2 Å². The predicted molar refractivity (Wildman–Crippen MR) is 81.7 cm³/mol. The van der Waals surface area contributed by atoms with Gasteiger partial charge in [-0.15, -0.1) is 0 Å². The summed E-state index contributed by atoms with van der Waals surface area (Å²) >= 11 is 0. The standard InChI is InChI=1S/C15H16N2O3S/c1-10-3-8-14(11(2)9-10)21(19,20)17-13-6-4-12(5-7-13)15(16)18/h3-9,17H,1-2H3,(H2,16,18). The molecule has 0 heterocycles. The first-order valence-corrected chi connectivity index (χ1v) is 7.78. The number of hydrogen-bond donors (Lipinski definition) is 2. The molecular weight excluding hydrogens is 288 g/mol. The normalized spacial score (nSPS) is 11.1. The van der Waals surface area contributed by atoms with Crippen LogP contribution >= 0.6 is 0 Å². The Bertz CT molecular complexity index is 781. The maximum absolute atomic E-state index is 12.3. The van der Waals surface area contributed by atoms with Gasteiger partial charge in [0.2, 0.25) is 5.91 Å². The lowest BCUT2D eigenvalue weighted by molar-refractivity contribution is 0.100. The Balaban J connectivity index is 2.30. The van der Waals surface area contributed by atoms with Crippen LogP contribution in [0.3, 0.4) is 0 Å². The second kappa shape index (κ2) is 5.57. The third-order valence-electron chi connectivity index (χ3n) is 3.04. The summed E-state index contributed by atoms with van der Waals surface area (Å²) in [5.74, 6) is -0.557. The van der Waals surface area contributed by atoms with Crippen LogP contribution in [0.25, 0.3) is 0 Å². The lowest BCUT2D eigenvalue weighted by Crippen LogP contribution is -2.15. The van der Waals surface area contributed by atoms with Gasteiger partial charge in [0.15, 0.2) is 0 Å². The van der Waals surface area contributed by atoms with Crippen molar-refractivity contribution in [2.75, 3.05) is 4.72 Å². The molecule has 0 bridgehead atoms. The Kier molecular flexibility index (Phi) is 3.99. The van der Waals surface area contributed by atoms with Crippen LogP contribution in [0, 0.1) is 13.8 Å². The average Bonchev–Trinajstić information content (AvgIpc) is 2.38. The fraction of sp³-hybridized carbons (Fsp3) is 0.133. The summed E-state index contributed by atoms with van der Waals surface area (Å²) in [6, 6.07) is 11.1. The van der Waals surface area contributed by atoms with E-state index in [1.54, 1.807) is 19.1 Å². The number of nitrogens with two attached hydrogens (primary N) is 1. The van der Waals surface area contributed by atoms with Crippen molar-refractivity contribution in [2.45, 2.75) is 18.7 Å². The molecule has 0 atom stereocenters. The monoisotopic (exact) mass is 304 g/mol. The quantitative estimate of drug-likeness (QED) is 0.907. The van der Waals surface area contributed by atoms with Crippen LogP contribution in [-0.2, 0) is 10.0 Å². The highest BCUT2D eigenvalue weighted by Gasteiger charge is 2.16. The largest absolute Gasteiger partial charge is 0.366 e. The van der Waals surface area contributed by atoms with Gasteiger partial charge in [-0.25, -0.2) is 8.42 Å². The summed E-state index contributed by atoms with van der Waals surface area (Å²) < 4.78 is 27.2. The summed E-state index contributed by atoms with van der Waals surface area (Å²) in [5.41, 5.74) is 7.51. The van der Waals surface area contributed by atoms with Crippen molar-refractivity contribution in [2.24, 2.45) is 5.73 Å². The molecule has 0 aliphatic carbocycles. The third-order valence-corrected chi connectivity index (χ3v) is 4.58. The molecule has 0 aliphatic heterocycles. The molecule has 0 spiro atoms. The number of amides is 1. The van der Waals surface area contributed by atoms with Gasteiger partial charge >= 0.3 is 0 Å². The molecule has 110 valence electrons. The molecule has 0 saturated carbocycles. The number of sulfonamides is 1. The zero-order valence-corrected chi connectivity index (χ0v) is 12.6. The Morgan fingerprint density at radius 1 is 1.05 bits per heavy atom. The summed E-state index contributed by atoms with van der Waals surface area (Å²) in [7, 11) is -3.66. The van der Waals surface area contributed by atoms with Crippen molar-refractivity contribution >= 4 is 21.6 Å². The lowest BCUT2D eigenvalue weighted by Gasteiger charge is -2.11. The van der Waals surface area contributed by atoms with Crippen LogP contribution in [-0.4, -0.2) is 14.3 Å². The first kappa shape index (κ1) is 15.1. The second-order valence-corrected chi connectivity index (χ2v) is 6.47. The van der Waals surface area contributed by atoms with Gasteiger partial charge in [0.25, 0.3) is 10.0 Å². The van der Waals surface area contributed by atoms with E-state index in [0.29, 0.717) is 16.8 Å². The molecule has 3 N–H and O–H groups in total. The highest BCUT2D eigenvalue weighted by molar-refractivity contribution is 7.92. The molecule has 6 heteroatoms. The molecule has 0 unspecified atom stereocenters. The minimum atomic E-state index is -3.66. The number of nitrogens with one attached hydrogen (secondary N) is 1. The minimum absolute atomic E-state index is 0.229. The molecule has 1 amide bonds. The lowest BCUT2D eigenvalue weighted by atomic mass is 10.2. The van der Waals surface area contributed by atoms with E-state index in [2.05, 4.69) is 4.72 Å². The van der Waals surface area contributed by atoms with E-state index in [1.807, 2.05) is 13.0 Å². The smallest absolute Gasteiger partial charge is 0.262 e. The third kappa shape index (κ3) is 3.41. The highest BCUT2D eigenvalue weighted by Crippen LogP contribution is 2.20. The maximum atomic E-state index is 12.3. The highest BCUT2D eigenvalue weighted by atomic mass is 32.2. The van der Waals surface area contributed by atoms with Gasteiger partial charge < -0.3 is 5.73 Å². The van der Waals surface area contributed by atoms with Crippen molar-refractivity contribution in [3.8, 4) is 0 Å². The zero-order chi connectivity index (χ0) is 15.6. The fourth-order valence-corrected chi connectivity index (χ4v) is 3.30. The van der Waals surface area contributed by atoms with Crippen LogP contribution in [0.4, 0.5) is 5.69 Å². The summed E-state index contributed by atoms with van der Waals surface area (Å²) in [5, 5.41) is 0. The van der Waals surface area contributed by atoms with Crippen LogP contribution in [0.5, 0.6) is 0 Å². The molecule has 0 radical (unpaired) electrons. The molecule has 0 aliphatic rings. The number of carbonyl (C=O) groups excluding carboxylic acids is 1. The number of benzene rings is 2. The number of rotatable bonds is 4. The first-order valence-electron chi connectivity index (χ1n) is 6.29. The molecule has 2 aromatic carbocycles. The van der Waals surface area contributed by atoms with Crippen molar-refractivity contribution in [1.29, 1.82) is 0 Å². The number of hydrogen-bond acceptors (Lipinski definition) is 3. The van der Waals surface area contributed by atoms with Crippen LogP contribution in [0.2, 0.25) is 0 Å². The van der Waals surface area contributed by atoms with E-state index >= 15 is 0 Å². The molecule has 2 rings (SSSR count). The van der Waals surface area contributed by atoms with E-state index in [0.717, 1.165) is 5.56 Å². The topological polar surface area (TPSA) is 89.3 Å². The number of aryl methyl sites for hydroxylation is 2. The Morgan fingerprint density at radius 3 is 2.19 bits per heavy atom. The van der Waals surface area contributed by atoms with Crippen molar-refractivity contribution in [3.63, 3.8) is 0 Å². The van der Waals surface area contributed by atoms with Crippen molar-refractivity contribution in [3.05, 3.63) is 59.2 Å². The SMILES string of the molecule is Cc1ccc(S(=O)(=O)Nc2ccc(C(N)=O)cc2)c(C)c1. The zero-order valence-electron chi connectivity index (χ0n) is 11.8. The van der Waals surface area contributed by atoms with Gasteiger partial charge in [0.1, 0.15) is 0 Å². The van der Waals surface area contributed by atoms with E-state index in [-0.39, 0.29) is 4.90 Å². The average molecular weight is 304 g/mol. The van der Waals surface area contributed by atoms with Crippen LogP contribution in [0.15, 0.2) is 47.4 Å². The summed E-state index contributed by atoms with van der Waals surface area (Å²) in [4.78, 5) is 11.2. The minimum Gasteiger partial charge on any atom is -0.366 e. The Hall–Kier alpha value is -2.34. The number of carbonyl (C=O) groups is 1. The van der Waals surface area contributed by atoms with Crippen molar-refractivity contribution in [1.82, 2.24) is 0 Å². The predicted octanol–water partition coefficient (Wildman–Crippen LogP) is 2.20. The summed E-state index contributed by atoms with van der Waals surface area (Å²) in [6.45, 7) is 3.65. The van der Waals surface area contributed by atoms with E-state index in [1.165, 1.54) is 24.3 Å². The summed E-state index contributed by atoms with van der Waals surface area (Å²) in [6.07, 6.45) is 0. The first-order chi connectivity index (χ1) is 9.79. The van der Waals surface area contributed by atoms with E-state index < -0.39 is 15.9 Å². The van der Waals surface area contributed by atoms with Crippen molar-refractivity contribution < 1.29 is 13.2 Å². The van der Waals surface area contributed by atoms with Gasteiger partial charge in [-0.1, -0.05) is 17.7 Å². The second-order valence-electron chi connectivity index (χ2n) is 4.82. The number of anilines is 1. The Morgan fingerprint density at radius 2 is 1.67 bits per heavy atom. The molecule has 0 saturated heterocycles. The molecule has 5 nitrogen and oxygen atoms in total. The van der Waals surface area contributed by atoms with Crippen LogP contribution in [0.1, 0.15) is 21.5 Å². The van der Waals surface area contributed by atoms with Crippen LogP contribution < -0.4 is 10.5 Å². The van der Waals surface area contributed by atoms with Gasteiger partial charge in [-0.2, -0.15) is 0 Å². The molecule has 0 fully saturated rings. The molecule has 0 aromatic heterocycles. The van der Waals surface area contributed by atoms with Gasteiger partial charge in [0.05, 0.1) is 4.90 Å². The molecule has 2 aromatic rings. The Labute approximate surface area is 123 Å². The molecular formula is C15H16N2O3S. The van der Waals surface area contributed by atoms with Gasteiger partial charge in [-0.05, 0) is 49.7 Å². The molecule has 21 heavy (non-hydrogen) atoms. The fourth-order valence-electron chi connectivity index (χ4n) is 2.01. The van der Waals surface area contributed by atoms with Gasteiger partial charge in [0, 0.05) is 11.3 Å². The number of primary amides is 1. The van der Waals surface area contributed by atoms with E-state index in [4.69, 9.17) is 5.73 Å².